The fourth-order valence-electron chi connectivity index (χ4n) is 12.1. The first-order valence-electron chi connectivity index (χ1n) is 25.2. The van der Waals surface area contributed by atoms with Crippen LogP contribution in [0.3, 0.4) is 0 Å². The van der Waals surface area contributed by atoms with Gasteiger partial charge in [0.1, 0.15) is 35.6 Å². The Morgan fingerprint density at radius 2 is 1.51 bits per heavy atom. The molecule has 69 heavy (non-hydrogen) atoms. The molecule has 0 saturated carbocycles. The maximum Gasteiger partial charge on any atom is 0.255 e. The van der Waals surface area contributed by atoms with Crippen LogP contribution in [0.4, 0.5) is 31.8 Å². The molecule has 4 amide bonds. The molecule has 16 nitrogen and oxygen atoms in total. The number of hydrogen-bond acceptors (Lipinski definition) is 13. The first-order chi connectivity index (χ1) is 33.2. The molecular formula is C51H68F2N12O4. The average Bonchev–Trinajstić information content (AvgIpc) is 4.03. The molecule has 18 heteroatoms. The van der Waals surface area contributed by atoms with E-state index in [0.717, 1.165) is 108 Å². The van der Waals surface area contributed by atoms with Crippen molar-refractivity contribution >= 4 is 46.6 Å². The number of hydrogen-bond donors (Lipinski definition) is 4. The van der Waals surface area contributed by atoms with E-state index in [-0.39, 0.29) is 41.8 Å². The molecule has 0 radical (unpaired) electrons. The summed E-state index contributed by atoms with van der Waals surface area (Å²) in [5.41, 5.74) is 3.00. The van der Waals surface area contributed by atoms with Crippen LogP contribution in [0.1, 0.15) is 93.1 Å². The number of benzene rings is 2. The number of amides is 4. The van der Waals surface area contributed by atoms with E-state index in [4.69, 9.17) is 0 Å². The molecule has 6 saturated heterocycles. The second-order valence-corrected chi connectivity index (χ2v) is 21.8. The second-order valence-electron chi connectivity index (χ2n) is 21.8. The Balaban J connectivity index is 0.646. The quantitative estimate of drug-likeness (QED) is 0.133. The molecule has 2 aromatic carbocycles. The van der Waals surface area contributed by atoms with Crippen molar-refractivity contribution in [1.29, 1.82) is 0 Å². The van der Waals surface area contributed by atoms with Gasteiger partial charge in [-0.3, -0.25) is 29.4 Å². The van der Waals surface area contributed by atoms with Crippen molar-refractivity contribution in [3.05, 3.63) is 71.1 Å². The van der Waals surface area contributed by atoms with E-state index in [1.807, 2.05) is 24.3 Å². The predicted octanol–water partition coefficient (Wildman–Crippen LogP) is 4.43. The molecule has 1 unspecified atom stereocenters. The highest BCUT2D eigenvalue weighted by Crippen LogP contribution is 2.40. The van der Waals surface area contributed by atoms with Crippen molar-refractivity contribution in [2.75, 3.05) is 112 Å². The van der Waals surface area contributed by atoms with Gasteiger partial charge in [0, 0.05) is 106 Å². The van der Waals surface area contributed by atoms with Crippen LogP contribution in [0, 0.1) is 22.5 Å². The molecule has 6 fully saturated rings. The van der Waals surface area contributed by atoms with Crippen LogP contribution in [-0.2, 0) is 27.5 Å². The summed E-state index contributed by atoms with van der Waals surface area (Å²) in [6.07, 6.45) is 8.91. The monoisotopic (exact) mass is 951 g/mol. The van der Waals surface area contributed by atoms with Gasteiger partial charge in [-0.05, 0) is 113 Å². The predicted molar refractivity (Wildman–Crippen MR) is 260 cm³/mol. The minimum absolute atomic E-state index is 0.0131. The van der Waals surface area contributed by atoms with Gasteiger partial charge in [-0.15, -0.1) is 0 Å². The zero-order chi connectivity index (χ0) is 47.9. The summed E-state index contributed by atoms with van der Waals surface area (Å²) in [4.78, 5) is 72.6. The summed E-state index contributed by atoms with van der Waals surface area (Å²) in [7, 11) is 0. The van der Waals surface area contributed by atoms with Crippen LogP contribution in [0.5, 0.6) is 0 Å². The van der Waals surface area contributed by atoms with Gasteiger partial charge in [0.05, 0.1) is 17.8 Å². The van der Waals surface area contributed by atoms with Gasteiger partial charge in [0.2, 0.25) is 17.7 Å². The van der Waals surface area contributed by atoms with Gasteiger partial charge >= 0.3 is 0 Å². The highest BCUT2D eigenvalue weighted by atomic mass is 19.1. The number of nitrogens with zero attached hydrogens (tertiary/aromatic N) is 8. The van der Waals surface area contributed by atoms with Gasteiger partial charge < -0.3 is 40.4 Å². The number of fused-ring (bicyclic) bond motifs is 1. The van der Waals surface area contributed by atoms with E-state index in [9.17, 15) is 19.2 Å². The number of carbonyl (C=O) groups excluding carboxylic acids is 4. The highest BCUT2D eigenvalue weighted by molar-refractivity contribution is 6.06. The smallest absolute Gasteiger partial charge is 0.255 e. The Morgan fingerprint density at radius 1 is 0.754 bits per heavy atom. The van der Waals surface area contributed by atoms with Gasteiger partial charge in [-0.1, -0.05) is 19.9 Å². The number of aromatic nitrogens is 2. The Morgan fingerprint density at radius 3 is 2.28 bits per heavy atom. The number of rotatable bonds is 14. The molecule has 1 aromatic heterocycles. The molecule has 2 atom stereocenters. The zero-order valence-corrected chi connectivity index (χ0v) is 40.3. The summed E-state index contributed by atoms with van der Waals surface area (Å²) >= 11 is 0. The SMILES string of the molecule is CC1(C)CCN(Cc2cc(F)c(N3CC(=O)NC4(CCN(c5cc(NCCCN6CC[C@@]7(CCN(CCNc8cccc9c8CN(C8CCC(=O)NC8=O)C9=O)C7)C6)ncn5)CC4)C3)cc2F)CC1. The molecule has 3 aromatic rings. The Hall–Kier alpha value is -5.46. The normalized spacial score (nSPS) is 25.2. The topological polar surface area (TPSA) is 162 Å². The van der Waals surface area contributed by atoms with Crippen LogP contribution < -0.4 is 31.1 Å². The minimum atomic E-state index is -0.625. The number of anilines is 4. The number of likely N-dealkylation sites (tertiary alicyclic amines) is 3. The first-order valence-corrected chi connectivity index (χ1v) is 25.2. The van der Waals surface area contributed by atoms with E-state index < -0.39 is 29.1 Å². The summed E-state index contributed by atoms with van der Waals surface area (Å²) in [5, 5.41) is 12.7. The van der Waals surface area contributed by atoms with Gasteiger partial charge in [-0.25, -0.2) is 18.7 Å². The fraction of sp³-hybridized carbons (Fsp3) is 0.608. The minimum Gasteiger partial charge on any atom is -0.383 e. The lowest BCUT2D eigenvalue weighted by atomic mass is 9.82. The lowest BCUT2D eigenvalue weighted by Gasteiger charge is -2.48. The summed E-state index contributed by atoms with van der Waals surface area (Å²) in [6, 6.07) is 9.69. The molecule has 8 heterocycles. The Kier molecular flexibility index (Phi) is 13.3. The van der Waals surface area contributed by atoms with Crippen molar-refractivity contribution < 1.29 is 28.0 Å². The Labute approximate surface area is 403 Å². The van der Waals surface area contributed by atoms with Crippen molar-refractivity contribution in [1.82, 2.24) is 40.2 Å². The van der Waals surface area contributed by atoms with E-state index in [1.165, 1.54) is 25.0 Å². The van der Waals surface area contributed by atoms with Crippen LogP contribution >= 0.6 is 0 Å². The van der Waals surface area contributed by atoms with Crippen LogP contribution in [0.25, 0.3) is 0 Å². The average molecular weight is 951 g/mol. The largest absolute Gasteiger partial charge is 0.383 e. The second kappa shape index (κ2) is 19.4. The Bertz CT molecular complexity index is 2440. The number of halogens is 2. The van der Waals surface area contributed by atoms with E-state index in [0.29, 0.717) is 68.5 Å². The summed E-state index contributed by atoms with van der Waals surface area (Å²) in [5.74, 6) is -0.342. The van der Waals surface area contributed by atoms with E-state index in [1.54, 1.807) is 16.1 Å². The zero-order valence-electron chi connectivity index (χ0n) is 40.3. The fourth-order valence-corrected chi connectivity index (χ4v) is 12.1. The van der Waals surface area contributed by atoms with Crippen molar-refractivity contribution in [3.8, 4) is 0 Å². The molecule has 2 spiro atoms. The van der Waals surface area contributed by atoms with Crippen molar-refractivity contribution in [2.45, 2.75) is 96.3 Å². The van der Waals surface area contributed by atoms with Crippen molar-refractivity contribution in [3.63, 3.8) is 0 Å². The lowest BCUT2D eigenvalue weighted by molar-refractivity contribution is -0.137. The maximum atomic E-state index is 15.7. The lowest BCUT2D eigenvalue weighted by Crippen LogP contribution is -2.66. The third-order valence-corrected chi connectivity index (χ3v) is 16.3. The van der Waals surface area contributed by atoms with Crippen LogP contribution in [0.2, 0.25) is 0 Å². The molecule has 7 aliphatic heterocycles. The summed E-state index contributed by atoms with van der Waals surface area (Å²) < 4.78 is 31.2. The van der Waals surface area contributed by atoms with Crippen molar-refractivity contribution in [2.24, 2.45) is 10.8 Å². The van der Waals surface area contributed by atoms with Crippen LogP contribution in [-0.4, -0.2) is 156 Å². The van der Waals surface area contributed by atoms with Gasteiger partial charge in [0.25, 0.3) is 5.91 Å². The third kappa shape index (κ3) is 10.4. The number of piperazine rings is 1. The van der Waals surface area contributed by atoms with Crippen LogP contribution in [0.15, 0.2) is 42.7 Å². The van der Waals surface area contributed by atoms with Gasteiger partial charge in [0.15, 0.2) is 0 Å². The molecule has 4 N–H and O–H groups in total. The molecule has 0 bridgehead atoms. The van der Waals surface area contributed by atoms with Gasteiger partial charge in [-0.2, -0.15) is 0 Å². The third-order valence-electron chi connectivity index (χ3n) is 16.3. The maximum absolute atomic E-state index is 15.7. The molecular weight excluding hydrogens is 883 g/mol. The standard InChI is InChI=1S/C51H68F2N12O4/c1-49(2)9-18-60(19-10-49)28-35-25-39(53)42(26-38(35)52)64-30-46(67)59-51(33-64)13-22-63(23-14-51)44-27-43(56-34-57-44)55-15-4-17-61-20-11-50(31-61)12-21-62(32-50)24-16-54-40-6-3-5-36-37(40)29-65(48(36)69)41-7-8-45(66)58-47(41)68/h3,5-6,25-27,34,41,54H,4,7-24,28-33H2,1-2H3,(H,59,67)(H,55,56,57)(H,58,66,68)/t41?,50-/m1/s1. The number of piperidine rings is 3. The summed E-state index contributed by atoms with van der Waals surface area (Å²) in [6.45, 7) is 16.5. The van der Waals surface area contributed by atoms with E-state index in [2.05, 4.69) is 64.7 Å². The number of imide groups is 1. The number of carbonyl (C=O) groups is 4. The molecule has 0 aliphatic carbocycles. The molecule has 370 valence electrons. The first kappa shape index (κ1) is 47.2. The molecule has 10 rings (SSSR count). The number of nitrogens with one attached hydrogen (secondary N) is 4. The molecule has 7 aliphatic rings. The highest BCUT2D eigenvalue weighted by Gasteiger charge is 2.45. The van der Waals surface area contributed by atoms with E-state index >= 15 is 8.78 Å².